The fourth-order valence-corrected chi connectivity index (χ4v) is 7.22. The zero-order valence-electron chi connectivity index (χ0n) is 28.2. The van der Waals surface area contributed by atoms with Gasteiger partial charge in [-0.25, -0.2) is 15.0 Å². The number of rotatable bonds is 9. The zero-order valence-corrected chi connectivity index (χ0v) is 28.2. The van der Waals surface area contributed by atoms with E-state index in [1.54, 1.807) is 13.1 Å². The summed E-state index contributed by atoms with van der Waals surface area (Å²) in [6.45, 7) is 9.69. The highest BCUT2D eigenvalue weighted by Crippen LogP contribution is 2.36. The molecule has 2 aromatic carbocycles. The molecule has 0 bridgehead atoms. The van der Waals surface area contributed by atoms with Gasteiger partial charge in [0.15, 0.2) is 5.82 Å². The SMILES string of the molecule is Cc1c(NC(=O)c2nc3c(n2C)CCN(C[C@H](C)O)C3)cccc1-c1cccc(-c2nc3cc(CN4CC[C@@H](C(=O)O)C4)cnc3o2)c1C. The van der Waals surface area contributed by atoms with E-state index in [9.17, 15) is 19.8 Å². The second kappa shape index (κ2) is 13.2. The lowest BCUT2D eigenvalue weighted by atomic mass is 9.93. The molecular formula is C37H41N7O5. The first-order valence-corrected chi connectivity index (χ1v) is 16.7. The van der Waals surface area contributed by atoms with Crippen molar-refractivity contribution in [3.05, 3.63) is 82.6 Å². The molecule has 0 unspecified atom stereocenters. The number of carboxylic acid groups (broad SMARTS) is 1. The molecule has 0 radical (unpaired) electrons. The number of fused-ring (bicyclic) bond motifs is 2. The van der Waals surface area contributed by atoms with Crippen molar-refractivity contribution in [2.75, 3.05) is 31.5 Å². The van der Waals surface area contributed by atoms with Crippen LogP contribution in [0, 0.1) is 19.8 Å². The Labute approximate surface area is 284 Å². The maximum absolute atomic E-state index is 13.6. The Morgan fingerprint density at radius 1 is 1.04 bits per heavy atom. The maximum atomic E-state index is 13.6. The minimum atomic E-state index is -0.744. The number of carboxylic acids is 1. The van der Waals surface area contributed by atoms with E-state index >= 15 is 0 Å². The van der Waals surface area contributed by atoms with E-state index in [1.807, 2.05) is 61.9 Å². The second-order valence-corrected chi connectivity index (χ2v) is 13.4. The quantitative estimate of drug-likeness (QED) is 0.201. The number of nitrogens with zero attached hydrogens (tertiary/aromatic N) is 6. The number of likely N-dealkylation sites (tertiary alicyclic amines) is 1. The lowest BCUT2D eigenvalue weighted by Crippen LogP contribution is -2.36. The zero-order chi connectivity index (χ0) is 34.4. The summed E-state index contributed by atoms with van der Waals surface area (Å²) in [5, 5.41) is 22.3. The van der Waals surface area contributed by atoms with E-state index in [4.69, 9.17) is 14.4 Å². The van der Waals surface area contributed by atoms with E-state index in [1.165, 1.54) is 0 Å². The lowest BCUT2D eigenvalue weighted by Gasteiger charge is -2.27. The van der Waals surface area contributed by atoms with Gasteiger partial charge in [0.2, 0.25) is 11.6 Å². The summed E-state index contributed by atoms with van der Waals surface area (Å²) in [6.07, 6.45) is 2.77. The predicted octanol–water partition coefficient (Wildman–Crippen LogP) is 4.80. The second-order valence-electron chi connectivity index (χ2n) is 13.4. The summed E-state index contributed by atoms with van der Waals surface area (Å²) in [6, 6.07) is 13.8. The highest BCUT2D eigenvalue weighted by Gasteiger charge is 2.29. The molecule has 5 heterocycles. The van der Waals surface area contributed by atoms with Crippen molar-refractivity contribution in [1.82, 2.24) is 29.3 Å². The van der Waals surface area contributed by atoms with Crippen molar-refractivity contribution in [3.8, 4) is 22.6 Å². The normalized spacial score (nSPS) is 17.4. The summed E-state index contributed by atoms with van der Waals surface area (Å²) in [5.74, 6) is -0.504. The summed E-state index contributed by atoms with van der Waals surface area (Å²) in [7, 11) is 1.88. The average Bonchev–Trinajstić information content (AvgIpc) is 3.79. The predicted molar refractivity (Wildman–Crippen MR) is 185 cm³/mol. The number of pyridine rings is 1. The third kappa shape index (κ3) is 6.46. The number of β-amino-alcohol motifs (C(OH)–C–C–N with tert-alkyl or cyclic N) is 1. The van der Waals surface area contributed by atoms with Crippen LogP contribution in [0.25, 0.3) is 33.8 Å². The topological polar surface area (TPSA) is 150 Å². The number of imidazole rings is 1. The molecule has 3 aromatic heterocycles. The first-order valence-electron chi connectivity index (χ1n) is 16.7. The Morgan fingerprint density at radius 2 is 1.80 bits per heavy atom. The molecule has 49 heavy (non-hydrogen) atoms. The van der Waals surface area contributed by atoms with E-state index in [0.717, 1.165) is 64.3 Å². The van der Waals surface area contributed by atoms with Gasteiger partial charge in [-0.1, -0.05) is 24.3 Å². The number of carbonyl (C=O) groups excluding carboxylic acids is 1. The van der Waals surface area contributed by atoms with E-state index < -0.39 is 12.1 Å². The largest absolute Gasteiger partial charge is 0.481 e. The lowest BCUT2D eigenvalue weighted by molar-refractivity contribution is -0.141. The minimum Gasteiger partial charge on any atom is -0.481 e. The van der Waals surface area contributed by atoms with Crippen LogP contribution in [-0.2, 0) is 31.4 Å². The number of aliphatic hydroxyl groups is 1. The van der Waals surface area contributed by atoms with Gasteiger partial charge < -0.3 is 24.5 Å². The number of hydrogen-bond acceptors (Lipinski definition) is 9. The minimum absolute atomic E-state index is 0.269. The number of oxazole rings is 1. The Balaban J connectivity index is 1.11. The fraction of sp³-hybridized carbons (Fsp3) is 0.378. The van der Waals surface area contributed by atoms with Gasteiger partial charge in [-0.3, -0.25) is 19.4 Å². The van der Waals surface area contributed by atoms with Crippen LogP contribution in [0.1, 0.15) is 52.0 Å². The average molecular weight is 664 g/mol. The molecule has 12 nitrogen and oxygen atoms in total. The highest BCUT2D eigenvalue weighted by atomic mass is 16.4. The number of carbonyl (C=O) groups is 2. The molecule has 3 N–H and O–H groups in total. The number of anilines is 1. The molecule has 12 heteroatoms. The van der Waals surface area contributed by atoms with Gasteiger partial charge in [0.05, 0.1) is 17.7 Å². The van der Waals surface area contributed by atoms with Gasteiger partial charge in [-0.15, -0.1) is 0 Å². The van der Waals surface area contributed by atoms with Crippen molar-refractivity contribution < 1.29 is 24.2 Å². The van der Waals surface area contributed by atoms with Crippen molar-refractivity contribution in [2.45, 2.75) is 52.8 Å². The molecule has 7 rings (SSSR count). The van der Waals surface area contributed by atoms with E-state index in [0.29, 0.717) is 61.2 Å². The van der Waals surface area contributed by atoms with Crippen molar-refractivity contribution in [1.29, 1.82) is 0 Å². The molecule has 2 aliphatic rings. The van der Waals surface area contributed by atoms with Gasteiger partial charge in [-0.05, 0) is 79.8 Å². The summed E-state index contributed by atoms with van der Waals surface area (Å²) in [4.78, 5) is 43.3. The smallest absolute Gasteiger partial charge is 0.307 e. The number of aromatic nitrogens is 4. The van der Waals surface area contributed by atoms with Crippen LogP contribution in [0.4, 0.5) is 5.69 Å². The molecular weight excluding hydrogens is 622 g/mol. The monoisotopic (exact) mass is 663 g/mol. The number of aliphatic carboxylic acids is 1. The number of benzene rings is 2. The van der Waals surface area contributed by atoms with Crippen LogP contribution in [0.3, 0.4) is 0 Å². The third-order valence-electron chi connectivity index (χ3n) is 9.83. The molecule has 5 aromatic rings. The Morgan fingerprint density at radius 3 is 2.55 bits per heavy atom. The van der Waals surface area contributed by atoms with Crippen molar-refractivity contribution >= 4 is 28.8 Å². The summed E-state index contributed by atoms with van der Waals surface area (Å²) in [5.41, 5.74) is 9.42. The molecule has 1 fully saturated rings. The first kappa shape index (κ1) is 32.6. The Kier molecular flexibility index (Phi) is 8.78. The molecule has 2 aliphatic heterocycles. The fourth-order valence-electron chi connectivity index (χ4n) is 7.22. The standard InChI is InChI=1S/C37H41N7O5/c1-21(45)17-43-14-12-32-31(20-43)39-33(42(32)4)34(46)40-29-10-6-8-27(23(29)3)26-7-5-9-28(22(26)2)35-41-30-15-24(16-38-36(30)49-35)18-44-13-11-25(19-44)37(47)48/h5-10,15-16,21,25,45H,11-14,17-20H2,1-4H3,(H,40,46)(H,47,48)/t21-,25+/m0/s1. The number of aliphatic hydroxyl groups excluding tert-OH is 1. The van der Waals surface area contributed by atoms with Crippen LogP contribution >= 0.6 is 0 Å². The first-order chi connectivity index (χ1) is 23.5. The van der Waals surface area contributed by atoms with Gasteiger partial charge in [0.1, 0.15) is 5.52 Å². The van der Waals surface area contributed by atoms with Crippen LogP contribution < -0.4 is 5.32 Å². The number of amides is 1. The molecule has 2 atom stereocenters. The van der Waals surface area contributed by atoms with Crippen LogP contribution in [0.5, 0.6) is 0 Å². The van der Waals surface area contributed by atoms with Gasteiger partial charge in [0, 0.05) is 69.3 Å². The van der Waals surface area contributed by atoms with Gasteiger partial charge in [-0.2, -0.15) is 0 Å². The van der Waals surface area contributed by atoms with Gasteiger partial charge >= 0.3 is 5.97 Å². The highest BCUT2D eigenvalue weighted by molar-refractivity contribution is 6.03. The molecule has 0 spiro atoms. The molecule has 1 amide bonds. The molecule has 254 valence electrons. The van der Waals surface area contributed by atoms with Crippen molar-refractivity contribution in [2.24, 2.45) is 13.0 Å². The summed E-state index contributed by atoms with van der Waals surface area (Å²) < 4.78 is 8.02. The van der Waals surface area contributed by atoms with Gasteiger partial charge in [0.25, 0.3) is 5.91 Å². The van der Waals surface area contributed by atoms with E-state index in [-0.39, 0.29) is 11.8 Å². The van der Waals surface area contributed by atoms with E-state index in [2.05, 4.69) is 26.2 Å². The Bertz CT molecular complexity index is 2070. The molecule has 0 saturated carbocycles. The van der Waals surface area contributed by atoms with Crippen LogP contribution in [0.15, 0.2) is 53.1 Å². The molecule has 1 saturated heterocycles. The van der Waals surface area contributed by atoms with Crippen LogP contribution in [-0.4, -0.2) is 83.7 Å². The Hall–Kier alpha value is -4.91. The molecule has 0 aliphatic carbocycles. The summed E-state index contributed by atoms with van der Waals surface area (Å²) >= 11 is 0. The van der Waals surface area contributed by atoms with Crippen molar-refractivity contribution in [3.63, 3.8) is 0 Å². The number of hydrogen-bond donors (Lipinski definition) is 3. The number of nitrogens with one attached hydrogen (secondary N) is 1. The maximum Gasteiger partial charge on any atom is 0.307 e. The third-order valence-corrected chi connectivity index (χ3v) is 9.83. The van der Waals surface area contributed by atoms with Crippen LogP contribution in [0.2, 0.25) is 0 Å².